The zero-order chi connectivity index (χ0) is 26.4. The van der Waals surface area contributed by atoms with Crippen molar-refractivity contribution in [3.8, 4) is 16.8 Å². The van der Waals surface area contributed by atoms with E-state index in [1.54, 1.807) is 0 Å². The topological polar surface area (TPSA) is 4.93 Å². The molecule has 3 aromatic heterocycles. The van der Waals surface area contributed by atoms with Crippen molar-refractivity contribution in [1.29, 1.82) is 0 Å². The molecule has 0 fully saturated rings. The van der Waals surface area contributed by atoms with E-state index in [0.717, 1.165) is 4.47 Å². The minimum absolute atomic E-state index is 1.10. The standard InChI is InChI=1S/C36H20BrNS2/c37-22-15-13-21(14-16-22)27-20-29-24-7-1-4-10-30(24)38(35(29)34-26-9-3-6-12-32(26)40-36(27)34)23-17-18-33-28(19-23)25-8-2-5-11-31(25)39-33/h1-20H. The fraction of sp³-hybridized carbons (Fsp3) is 0. The zero-order valence-corrected chi connectivity index (χ0v) is 24.4. The van der Waals surface area contributed by atoms with E-state index in [0.29, 0.717) is 0 Å². The fourth-order valence-electron chi connectivity index (χ4n) is 6.30. The third-order valence-corrected chi connectivity index (χ3v) is 10.9. The molecule has 4 heteroatoms. The first-order chi connectivity index (χ1) is 19.7. The lowest BCUT2D eigenvalue weighted by Gasteiger charge is -2.11. The number of hydrogen-bond donors (Lipinski definition) is 0. The second-order valence-corrected chi connectivity index (χ2v) is 13.3. The summed E-state index contributed by atoms with van der Waals surface area (Å²) in [5.74, 6) is 0. The first-order valence-electron chi connectivity index (χ1n) is 13.3. The Balaban J connectivity index is 1.49. The Hall–Kier alpha value is -3.96. The Kier molecular flexibility index (Phi) is 4.86. The van der Waals surface area contributed by atoms with Crippen LogP contribution in [-0.2, 0) is 0 Å². The molecule has 0 aliphatic carbocycles. The van der Waals surface area contributed by atoms with E-state index < -0.39 is 0 Å². The molecule has 188 valence electrons. The molecule has 0 aliphatic heterocycles. The summed E-state index contributed by atoms with van der Waals surface area (Å²) in [6, 6.07) is 44.6. The Labute approximate surface area is 246 Å². The molecule has 0 N–H and O–H groups in total. The Morgan fingerprint density at radius 1 is 0.525 bits per heavy atom. The molecule has 0 amide bonds. The van der Waals surface area contributed by atoms with Gasteiger partial charge in [0.1, 0.15) is 0 Å². The molecule has 0 bridgehead atoms. The highest BCUT2D eigenvalue weighted by Crippen LogP contribution is 2.48. The molecule has 0 saturated heterocycles. The van der Waals surface area contributed by atoms with Crippen molar-refractivity contribution < 1.29 is 0 Å². The molecule has 9 aromatic rings. The number of fused-ring (bicyclic) bond motifs is 10. The van der Waals surface area contributed by atoms with Crippen LogP contribution < -0.4 is 0 Å². The van der Waals surface area contributed by atoms with Crippen molar-refractivity contribution in [3.63, 3.8) is 0 Å². The van der Waals surface area contributed by atoms with E-state index in [1.807, 2.05) is 22.7 Å². The van der Waals surface area contributed by atoms with Gasteiger partial charge in [-0.05, 0) is 60.2 Å². The van der Waals surface area contributed by atoms with E-state index in [1.165, 1.54) is 79.0 Å². The molecule has 0 unspecified atom stereocenters. The summed E-state index contributed by atoms with van der Waals surface area (Å²) in [4.78, 5) is 0. The maximum absolute atomic E-state index is 3.63. The highest BCUT2D eigenvalue weighted by molar-refractivity contribution is 9.10. The lowest BCUT2D eigenvalue weighted by atomic mass is 9.99. The number of halogens is 1. The van der Waals surface area contributed by atoms with Crippen molar-refractivity contribution in [2.24, 2.45) is 0 Å². The quantitative estimate of drug-likeness (QED) is 0.184. The van der Waals surface area contributed by atoms with Gasteiger partial charge < -0.3 is 4.57 Å². The third kappa shape index (κ3) is 3.18. The van der Waals surface area contributed by atoms with Crippen LogP contribution in [0, 0.1) is 0 Å². The normalized spacial score (nSPS) is 12.1. The van der Waals surface area contributed by atoms with Crippen LogP contribution >= 0.6 is 38.6 Å². The SMILES string of the molecule is Brc1ccc(-c2cc3c4ccccc4n(-c4ccc5sc6ccccc6c5c4)c3c3c2sc2ccccc23)cc1. The van der Waals surface area contributed by atoms with Gasteiger partial charge in [0.15, 0.2) is 0 Å². The van der Waals surface area contributed by atoms with Crippen LogP contribution in [-0.4, -0.2) is 4.57 Å². The monoisotopic (exact) mass is 609 g/mol. The number of nitrogens with zero attached hydrogens (tertiary/aromatic N) is 1. The van der Waals surface area contributed by atoms with Crippen molar-refractivity contribution >= 4 is 101 Å². The van der Waals surface area contributed by atoms with Crippen LogP contribution in [0.25, 0.3) is 79.0 Å². The van der Waals surface area contributed by atoms with Gasteiger partial charge in [-0.3, -0.25) is 0 Å². The molecule has 0 saturated carbocycles. The summed E-state index contributed by atoms with van der Waals surface area (Å²) < 4.78 is 8.92. The summed E-state index contributed by atoms with van der Waals surface area (Å²) in [6.45, 7) is 0. The maximum Gasteiger partial charge on any atom is 0.0634 e. The van der Waals surface area contributed by atoms with Gasteiger partial charge in [-0.2, -0.15) is 0 Å². The molecule has 1 nitrogen and oxygen atoms in total. The number of para-hydroxylation sites is 1. The fourth-order valence-corrected chi connectivity index (χ4v) is 8.90. The van der Waals surface area contributed by atoms with Gasteiger partial charge >= 0.3 is 0 Å². The summed E-state index contributed by atoms with van der Waals surface area (Å²) in [5.41, 5.74) is 6.26. The summed E-state index contributed by atoms with van der Waals surface area (Å²) >= 11 is 7.40. The number of thiophene rings is 2. The van der Waals surface area contributed by atoms with Crippen LogP contribution in [0.15, 0.2) is 126 Å². The van der Waals surface area contributed by atoms with E-state index in [4.69, 9.17) is 0 Å². The van der Waals surface area contributed by atoms with Gasteiger partial charge in [-0.1, -0.05) is 82.7 Å². The van der Waals surface area contributed by atoms with Gasteiger partial charge in [-0.15, -0.1) is 22.7 Å². The van der Waals surface area contributed by atoms with E-state index in [9.17, 15) is 0 Å². The summed E-state index contributed by atoms with van der Waals surface area (Å²) in [7, 11) is 0. The van der Waals surface area contributed by atoms with Crippen molar-refractivity contribution in [3.05, 3.63) is 126 Å². The average molecular weight is 611 g/mol. The molecule has 0 spiro atoms. The van der Waals surface area contributed by atoms with Crippen LogP contribution in [0.1, 0.15) is 0 Å². The van der Waals surface area contributed by atoms with Gasteiger partial charge in [-0.25, -0.2) is 0 Å². The molecule has 6 aromatic carbocycles. The molecular formula is C36H20BrNS2. The van der Waals surface area contributed by atoms with Crippen LogP contribution in [0.4, 0.5) is 0 Å². The first kappa shape index (κ1) is 22.8. The minimum atomic E-state index is 1.10. The van der Waals surface area contributed by atoms with Crippen molar-refractivity contribution in [2.45, 2.75) is 0 Å². The number of rotatable bonds is 2. The van der Waals surface area contributed by atoms with E-state index in [2.05, 4.69) is 142 Å². The van der Waals surface area contributed by atoms with Crippen molar-refractivity contribution in [1.82, 2.24) is 4.57 Å². The predicted octanol–water partition coefficient (Wildman–Crippen LogP) is 11.9. The molecule has 0 radical (unpaired) electrons. The first-order valence-corrected chi connectivity index (χ1v) is 15.7. The number of aromatic nitrogens is 1. The minimum Gasteiger partial charge on any atom is -0.309 e. The van der Waals surface area contributed by atoms with Crippen LogP contribution in [0.5, 0.6) is 0 Å². The molecular weight excluding hydrogens is 590 g/mol. The molecule has 3 heterocycles. The number of benzene rings is 6. The van der Waals surface area contributed by atoms with Crippen LogP contribution in [0.2, 0.25) is 0 Å². The smallest absolute Gasteiger partial charge is 0.0634 e. The highest BCUT2D eigenvalue weighted by atomic mass is 79.9. The van der Waals surface area contributed by atoms with Gasteiger partial charge in [0.25, 0.3) is 0 Å². The molecule has 0 atom stereocenters. The average Bonchev–Trinajstić information content (AvgIpc) is 3.66. The molecule has 40 heavy (non-hydrogen) atoms. The second-order valence-electron chi connectivity index (χ2n) is 10.3. The largest absolute Gasteiger partial charge is 0.309 e. The molecule has 9 rings (SSSR count). The lowest BCUT2D eigenvalue weighted by Crippen LogP contribution is -1.94. The van der Waals surface area contributed by atoms with E-state index >= 15 is 0 Å². The van der Waals surface area contributed by atoms with Gasteiger partial charge in [0, 0.05) is 66.8 Å². The van der Waals surface area contributed by atoms with E-state index in [-0.39, 0.29) is 0 Å². The molecule has 0 aliphatic rings. The Morgan fingerprint density at radius 2 is 1.20 bits per heavy atom. The van der Waals surface area contributed by atoms with Crippen molar-refractivity contribution in [2.75, 3.05) is 0 Å². The van der Waals surface area contributed by atoms with Gasteiger partial charge in [0.05, 0.1) is 11.0 Å². The zero-order valence-electron chi connectivity index (χ0n) is 21.2. The van der Waals surface area contributed by atoms with Gasteiger partial charge in [0.2, 0.25) is 0 Å². The van der Waals surface area contributed by atoms with Crippen LogP contribution in [0.3, 0.4) is 0 Å². The second kappa shape index (κ2) is 8.52. The predicted molar refractivity (Wildman–Crippen MR) is 180 cm³/mol. The summed E-state index contributed by atoms with van der Waals surface area (Å²) in [6.07, 6.45) is 0. The Bertz CT molecular complexity index is 2440. The Morgan fingerprint density at radius 3 is 2.02 bits per heavy atom. The highest BCUT2D eigenvalue weighted by Gasteiger charge is 2.21. The maximum atomic E-state index is 3.63. The third-order valence-electron chi connectivity index (χ3n) is 8.05. The lowest BCUT2D eigenvalue weighted by molar-refractivity contribution is 1.19. The summed E-state index contributed by atoms with van der Waals surface area (Å²) in [5, 5.41) is 7.87. The number of hydrogen-bond acceptors (Lipinski definition) is 2.